The Labute approximate surface area is 147 Å². The number of hydrogen-bond acceptors (Lipinski definition) is 5. The van der Waals surface area contributed by atoms with Gasteiger partial charge in [-0.05, 0) is 29.7 Å². The van der Waals surface area contributed by atoms with Crippen LogP contribution in [-0.2, 0) is 0 Å². The lowest BCUT2D eigenvalue weighted by molar-refractivity contribution is 0.102. The fourth-order valence-corrected chi connectivity index (χ4v) is 4.37. The lowest BCUT2D eigenvalue weighted by Gasteiger charge is -2.04. The van der Waals surface area contributed by atoms with Gasteiger partial charge in [0, 0.05) is 0 Å². The fraction of sp³-hybridized carbons (Fsp3) is 0.167. The molecule has 0 bridgehead atoms. The van der Waals surface area contributed by atoms with Crippen molar-refractivity contribution in [3.63, 3.8) is 0 Å². The highest BCUT2D eigenvalue weighted by atomic mass is 32.1. The van der Waals surface area contributed by atoms with Crippen LogP contribution in [0.1, 0.15) is 35.1 Å². The molecule has 24 heavy (non-hydrogen) atoms. The van der Waals surface area contributed by atoms with E-state index in [0.29, 0.717) is 16.1 Å². The molecule has 0 unspecified atom stereocenters. The van der Waals surface area contributed by atoms with Crippen LogP contribution in [0.5, 0.6) is 0 Å². The summed E-state index contributed by atoms with van der Waals surface area (Å²) in [5, 5.41) is 3.96. The molecule has 0 saturated carbocycles. The minimum Gasteiger partial charge on any atom is -0.296 e. The number of aromatic nitrogens is 2. The highest BCUT2D eigenvalue weighted by Crippen LogP contribution is 2.32. The summed E-state index contributed by atoms with van der Waals surface area (Å²) in [6.07, 6.45) is 0. The Morgan fingerprint density at radius 2 is 1.79 bits per heavy atom. The molecule has 6 heteroatoms. The highest BCUT2D eigenvalue weighted by Gasteiger charge is 2.16. The van der Waals surface area contributed by atoms with Gasteiger partial charge >= 0.3 is 0 Å². The van der Waals surface area contributed by atoms with Gasteiger partial charge in [-0.2, -0.15) is 0 Å². The Bertz CT molecular complexity index is 1020. The van der Waals surface area contributed by atoms with Gasteiger partial charge in [0.1, 0.15) is 0 Å². The largest absolute Gasteiger partial charge is 0.296 e. The number of hydrogen-bond donors (Lipinski definition) is 1. The van der Waals surface area contributed by atoms with Crippen molar-refractivity contribution in [1.82, 2.24) is 9.97 Å². The Morgan fingerprint density at radius 1 is 1.00 bits per heavy atom. The van der Waals surface area contributed by atoms with E-state index in [0.717, 1.165) is 20.4 Å². The minimum atomic E-state index is -0.207. The number of amides is 1. The first-order valence-corrected chi connectivity index (χ1v) is 9.31. The van der Waals surface area contributed by atoms with Gasteiger partial charge in [-0.15, -0.1) is 11.3 Å². The van der Waals surface area contributed by atoms with E-state index in [1.165, 1.54) is 28.2 Å². The summed E-state index contributed by atoms with van der Waals surface area (Å²) < 4.78 is 2.09. The molecule has 2 heterocycles. The minimum absolute atomic E-state index is 0.207. The van der Waals surface area contributed by atoms with Crippen molar-refractivity contribution in [3.8, 4) is 0 Å². The van der Waals surface area contributed by atoms with Crippen LogP contribution in [0.3, 0.4) is 0 Å². The third kappa shape index (κ3) is 2.68. The molecule has 2 aromatic heterocycles. The zero-order valence-electron chi connectivity index (χ0n) is 13.2. The number of rotatable bonds is 3. The number of fused-ring (bicyclic) bond motifs is 2. The van der Waals surface area contributed by atoms with E-state index < -0.39 is 0 Å². The molecule has 0 spiro atoms. The van der Waals surface area contributed by atoms with Crippen LogP contribution in [0.25, 0.3) is 20.4 Å². The van der Waals surface area contributed by atoms with E-state index in [4.69, 9.17) is 0 Å². The van der Waals surface area contributed by atoms with Crippen molar-refractivity contribution in [2.75, 3.05) is 5.32 Å². The molecule has 120 valence electrons. The molecule has 0 fully saturated rings. The van der Waals surface area contributed by atoms with Gasteiger partial charge in [0.15, 0.2) is 10.1 Å². The number of para-hydroxylation sites is 2. The third-order valence-electron chi connectivity index (χ3n) is 3.78. The number of carbonyl (C=O) groups excluding carboxylic acids is 1. The average molecular weight is 353 g/mol. The van der Waals surface area contributed by atoms with Gasteiger partial charge in [0.2, 0.25) is 0 Å². The van der Waals surface area contributed by atoms with E-state index in [2.05, 4.69) is 35.2 Å². The maximum absolute atomic E-state index is 12.5. The van der Waals surface area contributed by atoms with Gasteiger partial charge in [0.05, 0.1) is 20.4 Å². The molecule has 0 aliphatic carbocycles. The summed E-state index contributed by atoms with van der Waals surface area (Å²) in [5.74, 6) is 0.185. The first-order chi connectivity index (χ1) is 11.6. The maximum atomic E-state index is 12.5. The number of benzene rings is 2. The van der Waals surface area contributed by atoms with Crippen LogP contribution in [0.2, 0.25) is 0 Å². The predicted molar refractivity (Wildman–Crippen MR) is 101 cm³/mol. The molecule has 0 aliphatic rings. The predicted octanol–water partition coefficient (Wildman–Crippen LogP) is 5.28. The Kier molecular flexibility index (Phi) is 3.78. The van der Waals surface area contributed by atoms with Crippen molar-refractivity contribution in [1.29, 1.82) is 0 Å². The SMILES string of the molecule is CC(C)c1cccc2sc(NC(=O)c3nc4ccccc4s3)nc12. The monoisotopic (exact) mass is 353 g/mol. The molecule has 0 atom stereocenters. The third-order valence-corrected chi connectivity index (χ3v) is 5.75. The maximum Gasteiger partial charge on any atom is 0.286 e. The summed E-state index contributed by atoms with van der Waals surface area (Å²) in [4.78, 5) is 21.5. The summed E-state index contributed by atoms with van der Waals surface area (Å²) in [5.41, 5.74) is 3.01. The van der Waals surface area contributed by atoms with Gasteiger partial charge in [-0.1, -0.05) is 49.4 Å². The number of thiazole rings is 2. The Hall–Kier alpha value is -2.31. The molecular formula is C18H15N3OS2. The van der Waals surface area contributed by atoms with E-state index in [1.807, 2.05) is 36.4 Å². The Balaban J connectivity index is 1.66. The molecule has 0 radical (unpaired) electrons. The van der Waals surface area contributed by atoms with Crippen molar-refractivity contribution in [3.05, 3.63) is 53.0 Å². The molecule has 0 saturated heterocycles. The standard InChI is InChI=1S/C18H15N3OS2/c1-10(2)11-6-5-9-14-15(11)20-18(24-14)21-16(22)17-19-12-7-3-4-8-13(12)23-17/h3-10H,1-2H3,(H,20,21,22). The number of nitrogens with zero attached hydrogens (tertiary/aromatic N) is 2. The lowest BCUT2D eigenvalue weighted by atomic mass is 10.0. The van der Waals surface area contributed by atoms with E-state index >= 15 is 0 Å². The molecule has 4 rings (SSSR count). The second kappa shape index (κ2) is 5.96. The van der Waals surface area contributed by atoms with Crippen molar-refractivity contribution in [2.45, 2.75) is 19.8 Å². The molecule has 0 aliphatic heterocycles. The zero-order chi connectivity index (χ0) is 16.7. The van der Waals surface area contributed by atoms with E-state index in [9.17, 15) is 4.79 Å². The van der Waals surface area contributed by atoms with Crippen LogP contribution in [0.4, 0.5) is 5.13 Å². The molecule has 4 aromatic rings. The van der Waals surface area contributed by atoms with Crippen molar-refractivity contribution >= 4 is 54.1 Å². The summed E-state index contributed by atoms with van der Waals surface area (Å²) >= 11 is 2.89. The molecule has 1 N–H and O–H groups in total. The van der Waals surface area contributed by atoms with Crippen LogP contribution in [0.15, 0.2) is 42.5 Å². The van der Waals surface area contributed by atoms with E-state index in [-0.39, 0.29) is 5.91 Å². The van der Waals surface area contributed by atoms with Gasteiger partial charge in [-0.25, -0.2) is 9.97 Å². The summed E-state index contributed by atoms with van der Waals surface area (Å²) in [6.45, 7) is 4.29. The normalized spacial score (nSPS) is 11.5. The lowest BCUT2D eigenvalue weighted by Crippen LogP contribution is -2.11. The number of anilines is 1. The molecular weight excluding hydrogens is 338 g/mol. The van der Waals surface area contributed by atoms with Crippen LogP contribution in [0, 0.1) is 0 Å². The van der Waals surface area contributed by atoms with Crippen LogP contribution >= 0.6 is 22.7 Å². The first-order valence-electron chi connectivity index (χ1n) is 7.68. The van der Waals surface area contributed by atoms with Crippen molar-refractivity contribution < 1.29 is 4.79 Å². The van der Waals surface area contributed by atoms with Gasteiger partial charge in [-0.3, -0.25) is 10.1 Å². The highest BCUT2D eigenvalue weighted by molar-refractivity contribution is 7.22. The number of carbonyl (C=O) groups is 1. The smallest absolute Gasteiger partial charge is 0.286 e. The topological polar surface area (TPSA) is 54.9 Å². The summed E-state index contributed by atoms with van der Waals surface area (Å²) in [7, 11) is 0. The summed E-state index contributed by atoms with van der Waals surface area (Å²) in [6, 6.07) is 13.9. The second-order valence-electron chi connectivity index (χ2n) is 5.81. The quantitative estimate of drug-likeness (QED) is 0.545. The first kappa shape index (κ1) is 15.2. The van der Waals surface area contributed by atoms with Gasteiger partial charge in [0.25, 0.3) is 5.91 Å². The molecule has 1 amide bonds. The zero-order valence-corrected chi connectivity index (χ0v) is 14.9. The van der Waals surface area contributed by atoms with Crippen LogP contribution < -0.4 is 5.32 Å². The van der Waals surface area contributed by atoms with Crippen molar-refractivity contribution in [2.24, 2.45) is 0 Å². The molecule has 4 nitrogen and oxygen atoms in total. The Morgan fingerprint density at radius 3 is 2.58 bits per heavy atom. The van der Waals surface area contributed by atoms with E-state index in [1.54, 1.807) is 0 Å². The number of nitrogens with one attached hydrogen (secondary N) is 1. The second-order valence-corrected chi connectivity index (χ2v) is 7.87. The van der Waals surface area contributed by atoms with Crippen LogP contribution in [-0.4, -0.2) is 15.9 Å². The average Bonchev–Trinajstić information content (AvgIpc) is 3.17. The fourth-order valence-electron chi connectivity index (χ4n) is 2.61. The van der Waals surface area contributed by atoms with Gasteiger partial charge < -0.3 is 0 Å². The molecule has 2 aromatic carbocycles.